The summed E-state index contributed by atoms with van der Waals surface area (Å²) in [6, 6.07) is 0. The predicted octanol–water partition coefficient (Wildman–Crippen LogP) is 10.9. The molecule has 3 N–H and O–H groups in total. The minimum Gasteiger partial charge on any atom is -0.462 e. The molecule has 0 aromatic carbocycles. The van der Waals surface area contributed by atoms with Crippen LogP contribution in [0.4, 0.5) is 0 Å². The fourth-order valence-corrected chi connectivity index (χ4v) is 6.20. The summed E-state index contributed by atoms with van der Waals surface area (Å²) < 4.78 is 32.7. The molecule has 11 heteroatoms. The quantitative estimate of drug-likeness (QED) is 0.0238. The first kappa shape index (κ1) is 51.9. The number of hydrogen-bond donors (Lipinski definition) is 3. The van der Waals surface area contributed by atoms with Crippen molar-refractivity contribution in [2.75, 3.05) is 26.4 Å². The number of hydrogen-bond acceptors (Lipinski definition) is 9. The Morgan fingerprint density at radius 3 is 1.50 bits per heavy atom. The van der Waals surface area contributed by atoms with E-state index in [9.17, 15) is 24.2 Å². The lowest BCUT2D eigenvalue weighted by atomic mass is 10.1. The number of allylic oxidation sites excluding steroid dienone is 8. The van der Waals surface area contributed by atoms with E-state index >= 15 is 0 Å². The highest BCUT2D eigenvalue weighted by Crippen LogP contribution is 2.43. The van der Waals surface area contributed by atoms with Crippen LogP contribution in [0.2, 0.25) is 0 Å². The molecule has 0 aromatic rings. The van der Waals surface area contributed by atoms with Gasteiger partial charge in [0.2, 0.25) is 0 Å². The Kier molecular flexibility index (Phi) is 37.7. The van der Waals surface area contributed by atoms with Gasteiger partial charge in [-0.25, -0.2) is 4.57 Å². The first-order valence-electron chi connectivity index (χ1n) is 21.1. The van der Waals surface area contributed by atoms with Gasteiger partial charge in [0, 0.05) is 12.8 Å². The molecule has 3 atom stereocenters. The second-order valence-electron chi connectivity index (χ2n) is 14.0. The zero-order valence-electron chi connectivity index (χ0n) is 33.9. The summed E-state index contributed by atoms with van der Waals surface area (Å²) in [5.74, 6) is -0.953. The molecule has 0 rings (SSSR count). The van der Waals surface area contributed by atoms with Crippen molar-refractivity contribution in [1.29, 1.82) is 0 Å². The molecular weight excluding hydrogens is 707 g/mol. The van der Waals surface area contributed by atoms with Crippen molar-refractivity contribution >= 4 is 19.8 Å². The maximum atomic E-state index is 12.6. The van der Waals surface area contributed by atoms with Gasteiger partial charge in [0.05, 0.1) is 19.8 Å². The molecule has 3 unspecified atom stereocenters. The second-order valence-corrected chi connectivity index (χ2v) is 15.5. The fraction of sp³-hybridized carbons (Fsp3) is 0.767. The Morgan fingerprint density at radius 2 is 1.00 bits per heavy atom. The standard InChI is InChI=1S/C43H77O10P/c1-3-5-7-9-11-13-15-17-18-19-20-21-23-25-27-29-31-33-35-43(47)53-41(39-52-54(48,49)51-37-40(45)36-44)38-50-42(46)34-32-30-28-26-24-22-16-14-12-10-8-6-4-2/h8,10,13-16,18-19,40-41,44-45H,3-7,9,11-12,17,20-39H2,1-2H3,(H,48,49)/b10-8-,15-13-,16-14-,19-18-. The zero-order chi connectivity index (χ0) is 39.8. The average molecular weight is 785 g/mol. The molecule has 0 aliphatic carbocycles. The predicted molar refractivity (Wildman–Crippen MR) is 219 cm³/mol. The van der Waals surface area contributed by atoms with Crippen molar-refractivity contribution < 1.29 is 47.8 Å². The molecule has 0 aliphatic heterocycles. The lowest BCUT2D eigenvalue weighted by Crippen LogP contribution is -2.29. The van der Waals surface area contributed by atoms with E-state index < -0.39 is 51.8 Å². The van der Waals surface area contributed by atoms with Crippen molar-refractivity contribution in [3.05, 3.63) is 48.6 Å². The maximum absolute atomic E-state index is 12.6. The maximum Gasteiger partial charge on any atom is 0.472 e. The molecule has 10 nitrogen and oxygen atoms in total. The summed E-state index contributed by atoms with van der Waals surface area (Å²) in [6.07, 6.45) is 40.7. The van der Waals surface area contributed by atoms with Crippen LogP contribution < -0.4 is 0 Å². The molecule has 0 aliphatic rings. The van der Waals surface area contributed by atoms with Crippen molar-refractivity contribution in [3.8, 4) is 0 Å². The number of carbonyl (C=O) groups is 2. The van der Waals surface area contributed by atoms with Gasteiger partial charge in [0.15, 0.2) is 6.10 Å². The van der Waals surface area contributed by atoms with Crippen molar-refractivity contribution in [3.63, 3.8) is 0 Å². The second kappa shape index (κ2) is 39.2. The monoisotopic (exact) mass is 785 g/mol. The van der Waals surface area contributed by atoms with Gasteiger partial charge in [-0.15, -0.1) is 0 Å². The molecule has 0 saturated heterocycles. The van der Waals surface area contributed by atoms with Gasteiger partial charge < -0.3 is 24.6 Å². The Labute approximate surface area is 328 Å². The summed E-state index contributed by atoms with van der Waals surface area (Å²) >= 11 is 0. The fourth-order valence-electron chi connectivity index (χ4n) is 5.41. The highest BCUT2D eigenvalue weighted by Gasteiger charge is 2.27. The van der Waals surface area contributed by atoms with Crippen molar-refractivity contribution in [2.45, 2.75) is 187 Å². The van der Waals surface area contributed by atoms with E-state index in [2.05, 4.69) is 67.0 Å². The number of unbranched alkanes of at least 4 members (excludes halogenated alkanes) is 17. The van der Waals surface area contributed by atoms with Gasteiger partial charge in [-0.2, -0.15) is 0 Å². The van der Waals surface area contributed by atoms with Crippen LogP contribution in [-0.2, 0) is 32.7 Å². The van der Waals surface area contributed by atoms with E-state index in [1.54, 1.807) is 0 Å². The highest BCUT2D eigenvalue weighted by molar-refractivity contribution is 7.47. The molecule has 0 spiro atoms. The van der Waals surface area contributed by atoms with Crippen LogP contribution in [0.3, 0.4) is 0 Å². The number of ether oxygens (including phenoxy) is 2. The van der Waals surface area contributed by atoms with Gasteiger partial charge in [0.25, 0.3) is 0 Å². The number of rotatable bonds is 39. The SMILES string of the molecule is CCC/C=C\C/C=C\CCCCCCCC(=O)OCC(COP(=O)(O)OCC(O)CO)OC(=O)CCCCCCCCC/C=C\C/C=C\CCCCCC. The third-order valence-corrected chi connectivity index (χ3v) is 9.64. The van der Waals surface area contributed by atoms with Gasteiger partial charge in [-0.1, -0.05) is 140 Å². The number of carbonyl (C=O) groups excluding carboxylic acids is 2. The van der Waals surface area contributed by atoms with E-state index in [0.717, 1.165) is 83.5 Å². The third-order valence-electron chi connectivity index (χ3n) is 8.69. The number of phosphoric acid groups is 1. The number of aliphatic hydroxyl groups is 2. The number of aliphatic hydroxyl groups excluding tert-OH is 2. The van der Waals surface area contributed by atoms with E-state index in [1.165, 1.54) is 51.4 Å². The summed E-state index contributed by atoms with van der Waals surface area (Å²) in [6.45, 7) is 2.26. The minimum absolute atomic E-state index is 0.171. The Morgan fingerprint density at radius 1 is 0.556 bits per heavy atom. The van der Waals surface area contributed by atoms with Crippen LogP contribution >= 0.6 is 7.82 Å². The molecule has 0 saturated carbocycles. The topological polar surface area (TPSA) is 149 Å². The van der Waals surface area contributed by atoms with Gasteiger partial charge in [0.1, 0.15) is 12.7 Å². The summed E-state index contributed by atoms with van der Waals surface area (Å²) in [5, 5.41) is 18.3. The molecule has 0 bridgehead atoms. The molecule has 314 valence electrons. The Hall–Kier alpha value is -2.07. The number of esters is 2. The Balaban J connectivity index is 4.34. The average Bonchev–Trinajstić information content (AvgIpc) is 3.16. The minimum atomic E-state index is -4.62. The molecule has 0 heterocycles. The summed E-state index contributed by atoms with van der Waals surface area (Å²) in [4.78, 5) is 34.9. The molecule has 0 radical (unpaired) electrons. The molecule has 0 aromatic heterocycles. The first-order valence-corrected chi connectivity index (χ1v) is 22.6. The van der Waals surface area contributed by atoms with E-state index in [1.807, 2.05) is 0 Å². The normalized spacial score (nSPS) is 14.4. The van der Waals surface area contributed by atoms with Gasteiger partial charge in [-0.05, 0) is 70.6 Å². The van der Waals surface area contributed by atoms with E-state index in [0.29, 0.717) is 12.8 Å². The third kappa shape index (κ3) is 38.2. The summed E-state index contributed by atoms with van der Waals surface area (Å²) in [7, 11) is -4.62. The van der Waals surface area contributed by atoms with E-state index in [4.69, 9.17) is 19.1 Å². The summed E-state index contributed by atoms with van der Waals surface area (Å²) in [5.41, 5.74) is 0. The van der Waals surface area contributed by atoms with Crippen LogP contribution in [0.1, 0.15) is 174 Å². The van der Waals surface area contributed by atoms with E-state index in [-0.39, 0.29) is 19.4 Å². The van der Waals surface area contributed by atoms with Crippen molar-refractivity contribution in [2.24, 2.45) is 0 Å². The Bertz CT molecular complexity index is 1040. The van der Waals surface area contributed by atoms with Crippen molar-refractivity contribution in [1.82, 2.24) is 0 Å². The van der Waals surface area contributed by atoms with Crippen LogP contribution in [0, 0.1) is 0 Å². The molecular formula is C43H77O10P. The lowest BCUT2D eigenvalue weighted by Gasteiger charge is -2.20. The first-order chi connectivity index (χ1) is 26.2. The smallest absolute Gasteiger partial charge is 0.462 e. The van der Waals surface area contributed by atoms with Gasteiger partial charge >= 0.3 is 19.8 Å². The van der Waals surface area contributed by atoms with Crippen LogP contribution in [0.25, 0.3) is 0 Å². The lowest BCUT2D eigenvalue weighted by molar-refractivity contribution is -0.161. The molecule has 0 amide bonds. The van der Waals surface area contributed by atoms with Crippen LogP contribution in [0.5, 0.6) is 0 Å². The van der Waals surface area contributed by atoms with Gasteiger partial charge in [-0.3, -0.25) is 18.6 Å². The number of phosphoric ester groups is 1. The largest absolute Gasteiger partial charge is 0.472 e. The molecule has 54 heavy (non-hydrogen) atoms. The van der Waals surface area contributed by atoms with Crippen LogP contribution in [0.15, 0.2) is 48.6 Å². The zero-order valence-corrected chi connectivity index (χ0v) is 34.8. The highest BCUT2D eigenvalue weighted by atomic mass is 31.2. The van der Waals surface area contributed by atoms with Crippen LogP contribution in [-0.4, -0.2) is 65.7 Å². The molecule has 0 fully saturated rings.